The van der Waals surface area contributed by atoms with Crippen molar-refractivity contribution in [2.24, 2.45) is 4.99 Å². The van der Waals surface area contributed by atoms with E-state index in [1.54, 1.807) is 19.1 Å². The number of nitrogens with two attached hydrogens (primary N) is 1. The van der Waals surface area contributed by atoms with E-state index in [1.807, 2.05) is 0 Å². The molecule has 0 saturated heterocycles. The van der Waals surface area contributed by atoms with Gasteiger partial charge in [-0.1, -0.05) is 12.1 Å². The van der Waals surface area contributed by atoms with Gasteiger partial charge in [-0.3, -0.25) is 4.89 Å². The number of aliphatic imine (C=N–C) groups is 1. The number of anilines is 2. The third kappa shape index (κ3) is 5.18. The SMILES string of the molecule is CCOOOC=Nc1c(N)cc(NCc2ccc(F)cc2)cc1F. The Morgan fingerprint density at radius 2 is 1.96 bits per heavy atom. The largest absolute Gasteiger partial charge is 0.397 e. The van der Waals surface area contributed by atoms with Crippen molar-refractivity contribution in [3.8, 4) is 0 Å². The van der Waals surface area contributed by atoms with E-state index >= 15 is 0 Å². The van der Waals surface area contributed by atoms with Crippen LogP contribution in [0.1, 0.15) is 12.5 Å². The van der Waals surface area contributed by atoms with Gasteiger partial charge < -0.3 is 11.1 Å². The van der Waals surface area contributed by atoms with E-state index in [4.69, 9.17) is 5.73 Å². The summed E-state index contributed by atoms with van der Waals surface area (Å²) in [6.45, 7) is 2.39. The van der Waals surface area contributed by atoms with E-state index in [2.05, 4.69) is 25.1 Å². The third-order valence-electron chi connectivity index (χ3n) is 2.93. The Balaban J connectivity index is 1.99. The van der Waals surface area contributed by atoms with E-state index in [1.165, 1.54) is 24.3 Å². The van der Waals surface area contributed by atoms with Crippen molar-refractivity contribution in [2.45, 2.75) is 13.5 Å². The Kier molecular flexibility index (Phi) is 6.47. The molecule has 2 rings (SSSR count). The number of hydrogen-bond acceptors (Lipinski definition) is 6. The van der Waals surface area contributed by atoms with Crippen molar-refractivity contribution >= 4 is 23.5 Å². The number of rotatable bonds is 8. The Bertz CT molecular complexity index is 670. The van der Waals surface area contributed by atoms with Crippen LogP contribution in [0.25, 0.3) is 0 Å². The average Bonchev–Trinajstić information content (AvgIpc) is 2.56. The lowest BCUT2D eigenvalue weighted by Gasteiger charge is -2.09. The van der Waals surface area contributed by atoms with Gasteiger partial charge in [-0.25, -0.2) is 13.8 Å². The van der Waals surface area contributed by atoms with Gasteiger partial charge in [-0.2, -0.15) is 4.89 Å². The summed E-state index contributed by atoms with van der Waals surface area (Å²) in [6, 6.07) is 8.76. The molecule has 3 N–H and O–H groups in total. The van der Waals surface area contributed by atoms with Crippen molar-refractivity contribution in [1.29, 1.82) is 0 Å². The van der Waals surface area contributed by atoms with Crippen molar-refractivity contribution < 1.29 is 23.6 Å². The molecular formula is C16H17F2N3O3. The Morgan fingerprint density at radius 3 is 2.62 bits per heavy atom. The smallest absolute Gasteiger partial charge is 0.223 e. The Hall–Kier alpha value is -2.71. The van der Waals surface area contributed by atoms with Gasteiger partial charge in [0.2, 0.25) is 6.40 Å². The molecule has 0 heterocycles. The van der Waals surface area contributed by atoms with Crippen LogP contribution in [0.15, 0.2) is 41.4 Å². The second kappa shape index (κ2) is 8.80. The van der Waals surface area contributed by atoms with Crippen LogP contribution in [0.2, 0.25) is 0 Å². The van der Waals surface area contributed by atoms with Gasteiger partial charge in [0.05, 0.1) is 12.3 Å². The maximum absolute atomic E-state index is 14.1. The molecule has 0 unspecified atom stereocenters. The van der Waals surface area contributed by atoms with Gasteiger partial charge >= 0.3 is 0 Å². The molecule has 8 heteroatoms. The fourth-order valence-corrected chi connectivity index (χ4v) is 1.83. The normalized spacial score (nSPS) is 11.0. The van der Waals surface area contributed by atoms with Crippen molar-refractivity contribution in [2.75, 3.05) is 17.7 Å². The number of nitrogens with zero attached hydrogens (tertiary/aromatic N) is 1. The molecule has 0 aliphatic heterocycles. The van der Waals surface area contributed by atoms with Crippen LogP contribution in [-0.2, 0) is 21.4 Å². The molecule has 2 aromatic carbocycles. The topological polar surface area (TPSA) is 78.1 Å². The zero-order chi connectivity index (χ0) is 17.4. The zero-order valence-electron chi connectivity index (χ0n) is 13.0. The van der Waals surface area contributed by atoms with Crippen LogP contribution in [0.4, 0.5) is 25.8 Å². The van der Waals surface area contributed by atoms with Gasteiger partial charge in [0.1, 0.15) is 11.5 Å². The monoisotopic (exact) mass is 337 g/mol. The standard InChI is InChI=1S/C16H17F2N3O3/c1-2-22-24-23-10-21-16-14(18)7-13(8-15(16)19)20-9-11-3-5-12(17)6-4-11/h3-8,10,20H,2,9,19H2,1H3. The van der Waals surface area contributed by atoms with Gasteiger partial charge in [0.15, 0.2) is 5.82 Å². The lowest BCUT2D eigenvalue weighted by Crippen LogP contribution is -2.01. The number of nitrogens with one attached hydrogen (secondary N) is 1. The summed E-state index contributed by atoms with van der Waals surface area (Å²) in [7, 11) is 0. The van der Waals surface area contributed by atoms with Gasteiger partial charge in [0, 0.05) is 12.2 Å². The average molecular weight is 337 g/mol. The number of halogens is 2. The van der Waals surface area contributed by atoms with Crippen LogP contribution in [-0.4, -0.2) is 13.0 Å². The van der Waals surface area contributed by atoms with Gasteiger partial charge in [0.25, 0.3) is 0 Å². The Morgan fingerprint density at radius 1 is 1.21 bits per heavy atom. The van der Waals surface area contributed by atoms with E-state index in [0.29, 0.717) is 18.8 Å². The summed E-state index contributed by atoms with van der Waals surface area (Å²) >= 11 is 0. The maximum atomic E-state index is 14.1. The highest BCUT2D eigenvalue weighted by molar-refractivity contribution is 5.72. The molecule has 0 aliphatic rings. The summed E-state index contributed by atoms with van der Waals surface area (Å²) in [5.41, 5.74) is 7.14. The fraction of sp³-hybridized carbons (Fsp3) is 0.188. The van der Waals surface area contributed by atoms with E-state index in [-0.39, 0.29) is 17.2 Å². The predicted molar refractivity (Wildman–Crippen MR) is 86.5 cm³/mol. The minimum atomic E-state index is -0.632. The minimum Gasteiger partial charge on any atom is -0.397 e. The molecule has 0 amide bonds. The Labute approximate surface area is 137 Å². The second-order valence-electron chi connectivity index (χ2n) is 4.68. The first-order chi connectivity index (χ1) is 11.6. The molecule has 128 valence electrons. The molecule has 0 atom stereocenters. The molecule has 0 aromatic heterocycles. The first kappa shape index (κ1) is 17.6. The van der Waals surface area contributed by atoms with Crippen molar-refractivity contribution in [3.63, 3.8) is 0 Å². The van der Waals surface area contributed by atoms with Crippen LogP contribution >= 0.6 is 0 Å². The molecule has 0 fully saturated rings. The molecule has 0 saturated carbocycles. The van der Waals surface area contributed by atoms with Crippen LogP contribution in [0.3, 0.4) is 0 Å². The van der Waals surface area contributed by atoms with Gasteiger partial charge in [-0.05, 0) is 41.8 Å². The van der Waals surface area contributed by atoms with Crippen molar-refractivity contribution in [3.05, 3.63) is 53.6 Å². The number of hydrogen-bond donors (Lipinski definition) is 2. The summed E-state index contributed by atoms with van der Waals surface area (Å²) < 4.78 is 26.9. The summed E-state index contributed by atoms with van der Waals surface area (Å²) in [5.74, 6) is -0.945. The molecule has 2 aromatic rings. The lowest BCUT2D eigenvalue weighted by atomic mass is 10.2. The van der Waals surface area contributed by atoms with Crippen LogP contribution in [0, 0.1) is 11.6 Å². The van der Waals surface area contributed by atoms with Gasteiger partial charge in [-0.15, -0.1) is 0 Å². The molecule has 24 heavy (non-hydrogen) atoms. The highest BCUT2D eigenvalue weighted by Gasteiger charge is 2.08. The highest BCUT2D eigenvalue weighted by atomic mass is 19.1. The van der Waals surface area contributed by atoms with Crippen LogP contribution < -0.4 is 11.1 Å². The number of benzene rings is 2. The zero-order valence-corrected chi connectivity index (χ0v) is 13.0. The predicted octanol–water partition coefficient (Wildman–Crippen LogP) is 3.72. The number of nitrogen functional groups attached to an aromatic ring is 1. The molecule has 0 radical (unpaired) electrons. The second-order valence-corrected chi connectivity index (χ2v) is 4.68. The molecular weight excluding hydrogens is 320 g/mol. The first-order valence-electron chi connectivity index (χ1n) is 7.15. The first-order valence-corrected chi connectivity index (χ1v) is 7.15. The maximum Gasteiger partial charge on any atom is 0.223 e. The third-order valence-corrected chi connectivity index (χ3v) is 2.93. The highest BCUT2D eigenvalue weighted by Crippen LogP contribution is 2.29. The summed E-state index contributed by atoms with van der Waals surface area (Å²) in [4.78, 5) is 12.6. The van der Waals surface area contributed by atoms with E-state index in [9.17, 15) is 8.78 Å². The molecule has 6 nitrogen and oxygen atoms in total. The van der Waals surface area contributed by atoms with Crippen molar-refractivity contribution in [1.82, 2.24) is 0 Å². The van der Waals surface area contributed by atoms with E-state index in [0.717, 1.165) is 12.0 Å². The molecule has 0 bridgehead atoms. The molecule has 0 spiro atoms. The quantitative estimate of drug-likeness (QED) is 0.192. The summed E-state index contributed by atoms with van der Waals surface area (Å²) in [5, 5.41) is 7.26. The minimum absolute atomic E-state index is 0.0811. The summed E-state index contributed by atoms with van der Waals surface area (Å²) in [6.07, 6.45) is 0.871. The van der Waals surface area contributed by atoms with E-state index < -0.39 is 5.82 Å². The fourth-order valence-electron chi connectivity index (χ4n) is 1.83. The lowest BCUT2D eigenvalue weighted by molar-refractivity contribution is -0.471. The molecule has 0 aliphatic carbocycles. The van der Waals surface area contributed by atoms with Crippen LogP contribution in [0.5, 0.6) is 0 Å².